The van der Waals surface area contributed by atoms with Crippen LogP contribution in [0.15, 0.2) is 0 Å². The number of hydrogen-bond acceptors (Lipinski definition) is 4. The van der Waals surface area contributed by atoms with Crippen LogP contribution in [-0.4, -0.2) is 4.20 Å². The maximum Gasteiger partial charge on any atom is 0.111 e. The van der Waals surface area contributed by atoms with Gasteiger partial charge in [-0.1, -0.05) is 12.8 Å². The van der Waals surface area contributed by atoms with Gasteiger partial charge in [0.05, 0.1) is 0 Å². The summed E-state index contributed by atoms with van der Waals surface area (Å²) >= 11 is 11.6. The van der Waals surface area contributed by atoms with Crippen LogP contribution in [0.3, 0.4) is 0 Å². The third-order valence-electron chi connectivity index (χ3n) is 0.212. The Hall–Kier alpha value is 1.01. The van der Waals surface area contributed by atoms with Crippen molar-refractivity contribution >= 4 is 38.1 Å². The fourth-order valence-corrected chi connectivity index (χ4v) is 0. The molecular formula is C2H7NS3. The van der Waals surface area contributed by atoms with E-state index in [2.05, 4.69) is 42.8 Å². The van der Waals surface area contributed by atoms with Gasteiger partial charge in [0.1, 0.15) is 4.20 Å². The normalized spacial score (nSPS) is 12.0. The lowest BCUT2D eigenvalue weighted by Crippen LogP contribution is -2.20. The van der Waals surface area contributed by atoms with Gasteiger partial charge < -0.3 is 0 Å². The maximum absolute atomic E-state index is 3.93. The van der Waals surface area contributed by atoms with Crippen molar-refractivity contribution in [2.24, 2.45) is 0 Å². The second-order valence-electron chi connectivity index (χ2n) is 1.13. The smallest absolute Gasteiger partial charge is 0.111 e. The Morgan fingerprint density at radius 3 is 1.67 bits per heavy atom. The monoisotopic (exact) mass is 141 g/mol. The fraction of sp³-hybridized carbons (Fsp3) is 1.00. The quantitative estimate of drug-likeness (QED) is 0.315. The second-order valence-corrected chi connectivity index (χ2v) is 3.50. The van der Waals surface area contributed by atoms with E-state index in [1.165, 1.54) is 0 Å². The Kier molecular flexibility index (Phi) is 2.75. The van der Waals surface area contributed by atoms with Crippen LogP contribution >= 0.6 is 38.1 Å². The van der Waals surface area contributed by atoms with Gasteiger partial charge in [0, 0.05) is 0 Å². The molecule has 0 aromatic rings. The van der Waals surface area contributed by atoms with Gasteiger partial charge in [-0.15, -0.1) is 25.3 Å². The predicted octanol–water partition coefficient (Wildman–Crippen LogP) is 0.954. The van der Waals surface area contributed by atoms with E-state index in [9.17, 15) is 0 Å². The van der Waals surface area contributed by atoms with Gasteiger partial charge in [0.25, 0.3) is 0 Å². The molecule has 0 aliphatic rings. The molecule has 0 heterocycles. The van der Waals surface area contributed by atoms with E-state index in [0.29, 0.717) is 0 Å². The van der Waals surface area contributed by atoms with Crippen molar-refractivity contribution in [2.45, 2.75) is 11.1 Å². The highest BCUT2D eigenvalue weighted by molar-refractivity contribution is 8.01. The van der Waals surface area contributed by atoms with Crippen LogP contribution in [-0.2, 0) is 0 Å². The molecule has 0 aliphatic carbocycles. The fourth-order valence-electron chi connectivity index (χ4n) is 0. The Balaban J connectivity index is 3.17. The van der Waals surface area contributed by atoms with Crippen molar-refractivity contribution in [3.05, 3.63) is 0 Å². The molecule has 0 fully saturated rings. The molecule has 1 N–H and O–H groups in total. The molecule has 0 aromatic heterocycles. The summed E-state index contributed by atoms with van der Waals surface area (Å²) in [6.45, 7) is 1.78. The molecule has 4 heteroatoms. The summed E-state index contributed by atoms with van der Waals surface area (Å²) in [6, 6.07) is 0. The minimum absolute atomic E-state index is 0.455. The van der Waals surface area contributed by atoms with Gasteiger partial charge in [-0.25, -0.2) is 4.72 Å². The highest BCUT2D eigenvalue weighted by atomic mass is 32.2. The molecule has 0 atom stereocenters. The summed E-state index contributed by atoms with van der Waals surface area (Å²) in [5.74, 6) is 0. The molecule has 1 nitrogen and oxygen atoms in total. The van der Waals surface area contributed by atoms with Crippen molar-refractivity contribution < 1.29 is 0 Å². The molecule has 38 valence electrons. The van der Waals surface area contributed by atoms with Crippen molar-refractivity contribution in [2.75, 3.05) is 0 Å². The molecular weight excluding hydrogens is 134 g/mol. The van der Waals surface area contributed by atoms with Gasteiger partial charge in [-0.05, 0) is 6.92 Å². The van der Waals surface area contributed by atoms with E-state index in [-0.39, 0.29) is 0 Å². The molecule has 0 radical (unpaired) electrons. The molecule has 6 heavy (non-hydrogen) atoms. The first-order valence-corrected chi connectivity index (χ1v) is 2.76. The zero-order valence-electron chi connectivity index (χ0n) is 3.34. The Bertz CT molecular complexity index is 38.5. The lowest BCUT2D eigenvalue weighted by Gasteiger charge is -2.11. The molecule has 0 spiro atoms. The Morgan fingerprint density at radius 2 is 1.67 bits per heavy atom. The van der Waals surface area contributed by atoms with Gasteiger partial charge in [-0.2, -0.15) is 0 Å². The highest BCUT2D eigenvalue weighted by Crippen LogP contribution is 2.12. The van der Waals surface area contributed by atoms with Crippen LogP contribution in [0, 0.1) is 0 Å². The molecule has 0 saturated carbocycles. The van der Waals surface area contributed by atoms with Crippen LogP contribution in [0.4, 0.5) is 0 Å². The number of thiol groups is 3. The lowest BCUT2D eigenvalue weighted by atomic mass is 10.8. The topological polar surface area (TPSA) is 12.0 Å². The van der Waals surface area contributed by atoms with E-state index < -0.39 is 4.20 Å². The van der Waals surface area contributed by atoms with Crippen molar-refractivity contribution in [1.29, 1.82) is 0 Å². The minimum atomic E-state index is -0.455. The Labute approximate surface area is 54.3 Å². The second kappa shape index (κ2) is 2.35. The predicted molar refractivity (Wildman–Crippen MR) is 38.5 cm³/mol. The Morgan fingerprint density at radius 1 is 1.50 bits per heavy atom. The van der Waals surface area contributed by atoms with E-state index >= 15 is 0 Å². The van der Waals surface area contributed by atoms with Crippen molar-refractivity contribution in [3.63, 3.8) is 0 Å². The number of nitrogens with one attached hydrogen (secondary N) is 1. The summed E-state index contributed by atoms with van der Waals surface area (Å²) in [7, 11) is 0. The highest BCUT2D eigenvalue weighted by Gasteiger charge is 2.05. The summed E-state index contributed by atoms with van der Waals surface area (Å²) < 4.78 is 2.07. The first kappa shape index (κ1) is 7.01. The molecule has 0 aromatic carbocycles. The number of rotatable bonds is 1. The van der Waals surface area contributed by atoms with Crippen LogP contribution < -0.4 is 4.72 Å². The molecule has 0 unspecified atom stereocenters. The standard InChI is InChI=1S/C2H7NS3/c1-2(4,5)3-6/h3-6H,1H3. The molecule has 0 amide bonds. The summed E-state index contributed by atoms with van der Waals surface area (Å²) in [6.07, 6.45) is 0. The molecule has 0 aliphatic heterocycles. The lowest BCUT2D eigenvalue weighted by molar-refractivity contribution is 0.909. The maximum atomic E-state index is 3.93. The molecule has 0 saturated heterocycles. The zero-order valence-corrected chi connectivity index (χ0v) is 6.02. The van der Waals surface area contributed by atoms with Gasteiger partial charge in [0.15, 0.2) is 0 Å². The average molecular weight is 141 g/mol. The van der Waals surface area contributed by atoms with Crippen molar-refractivity contribution in [3.8, 4) is 0 Å². The van der Waals surface area contributed by atoms with E-state index in [1.54, 1.807) is 6.92 Å². The third kappa shape index (κ3) is 5.01. The first-order valence-electron chi connectivity index (χ1n) is 1.42. The molecule has 0 rings (SSSR count). The van der Waals surface area contributed by atoms with Gasteiger partial charge in [0.2, 0.25) is 0 Å². The summed E-state index contributed by atoms with van der Waals surface area (Å²) in [5, 5.41) is 0. The SMILES string of the molecule is CC(S)(S)NS. The molecule has 0 bridgehead atoms. The summed E-state index contributed by atoms with van der Waals surface area (Å²) in [4.78, 5) is 0. The van der Waals surface area contributed by atoms with Crippen LogP contribution in [0.25, 0.3) is 0 Å². The minimum Gasteiger partial charge on any atom is -0.243 e. The van der Waals surface area contributed by atoms with E-state index in [4.69, 9.17) is 0 Å². The van der Waals surface area contributed by atoms with Gasteiger partial charge in [-0.3, -0.25) is 0 Å². The first-order chi connectivity index (χ1) is 2.56. The average Bonchev–Trinajstić information content (AvgIpc) is 1.35. The summed E-state index contributed by atoms with van der Waals surface area (Å²) in [5.41, 5.74) is 0. The van der Waals surface area contributed by atoms with E-state index in [0.717, 1.165) is 0 Å². The zero-order chi connectivity index (χ0) is 5.21. The van der Waals surface area contributed by atoms with E-state index in [1.807, 2.05) is 0 Å². The van der Waals surface area contributed by atoms with Crippen molar-refractivity contribution in [1.82, 2.24) is 4.72 Å². The number of hydrogen-bond donors (Lipinski definition) is 4. The van der Waals surface area contributed by atoms with Crippen LogP contribution in [0.5, 0.6) is 0 Å². The van der Waals surface area contributed by atoms with Crippen LogP contribution in [0.1, 0.15) is 6.92 Å². The third-order valence-corrected chi connectivity index (χ3v) is 1.24. The van der Waals surface area contributed by atoms with Crippen LogP contribution in [0.2, 0.25) is 0 Å². The van der Waals surface area contributed by atoms with Gasteiger partial charge >= 0.3 is 0 Å². The largest absolute Gasteiger partial charge is 0.243 e.